The Bertz CT molecular complexity index is 970. The number of Topliss-reactive ketones (excluding diaryl/α,β-unsaturated/α-hetero) is 1. The molecular weight excluding hydrogens is 424 g/mol. The third-order valence-electron chi connectivity index (χ3n) is 11.7. The topological polar surface area (TPSA) is 63.6 Å². The van der Waals surface area contributed by atoms with Gasteiger partial charge < -0.3 is 9.84 Å². The first-order valence-electron chi connectivity index (χ1n) is 13.5. The minimum atomic E-state index is -0.480. The second-order valence-electron chi connectivity index (χ2n) is 13.7. The SMILES string of the molecule is CC(C)=CCC[C@H]1C(=O)O[C@H]2C[C@]3(C)C4=CC[C@H]5C(C)(C)C(=O)CC[C@]5(C)C4C[C@@H](O)[C@@]3(C)[C@@H]21. The fraction of sp³-hybridized carbons (Fsp3) is 0.800. The van der Waals surface area contributed by atoms with Crippen LogP contribution >= 0.6 is 0 Å². The number of allylic oxidation sites excluding steroid dienone is 4. The maximum Gasteiger partial charge on any atom is 0.309 e. The molecule has 1 N–H and O–H groups in total. The monoisotopic (exact) mass is 468 g/mol. The molecule has 4 fully saturated rings. The van der Waals surface area contributed by atoms with Crippen LogP contribution in [0.3, 0.4) is 0 Å². The number of esters is 1. The smallest absolute Gasteiger partial charge is 0.309 e. The molecule has 188 valence electrons. The lowest BCUT2D eigenvalue weighted by Crippen LogP contribution is -2.61. The third kappa shape index (κ3) is 2.93. The fourth-order valence-electron chi connectivity index (χ4n) is 9.64. The van der Waals surface area contributed by atoms with Gasteiger partial charge >= 0.3 is 5.97 Å². The van der Waals surface area contributed by atoms with Gasteiger partial charge in [-0.3, -0.25) is 9.59 Å². The fourth-order valence-corrected chi connectivity index (χ4v) is 9.64. The molecule has 0 bridgehead atoms. The summed E-state index contributed by atoms with van der Waals surface area (Å²) in [6, 6.07) is 0. The van der Waals surface area contributed by atoms with Gasteiger partial charge in [-0.05, 0) is 69.6 Å². The van der Waals surface area contributed by atoms with E-state index in [0.29, 0.717) is 18.1 Å². The Morgan fingerprint density at radius 3 is 2.56 bits per heavy atom. The van der Waals surface area contributed by atoms with E-state index < -0.39 is 6.10 Å². The number of ketones is 1. The molecule has 0 spiro atoms. The van der Waals surface area contributed by atoms with E-state index >= 15 is 0 Å². The first kappa shape index (κ1) is 24.3. The molecule has 4 heteroatoms. The lowest BCUT2D eigenvalue weighted by atomic mass is 9.40. The van der Waals surface area contributed by atoms with Crippen LogP contribution in [0.4, 0.5) is 0 Å². The van der Waals surface area contributed by atoms with Gasteiger partial charge in [-0.15, -0.1) is 0 Å². The lowest BCUT2D eigenvalue weighted by molar-refractivity contribution is -0.156. The Balaban J connectivity index is 1.54. The summed E-state index contributed by atoms with van der Waals surface area (Å²) in [7, 11) is 0. The molecule has 9 atom stereocenters. The molecule has 5 aliphatic rings. The zero-order valence-electron chi connectivity index (χ0n) is 22.2. The normalized spacial score (nSPS) is 48.8. The van der Waals surface area contributed by atoms with Crippen molar-refractivity contribution < 1.29 is 19.4 Å². The second kappa shape index (κ2) is 7.54. The highest BCUT2D eigenvalue weighted by Crippen LogP contribution is 2.74. The minimum absolute atomic E-state index is 0.0179. The Labute approximate surface area is 205 Å². The summed E-state index contributed by atoms with van der Waals surface area (Å²) in [6.07, 6.45) is 9.76. The molecule has 4 aliphatic carbocycles. The maximum atomic E-state index is 12.9. The van der Waals surface area contributed by atoms with E-state index in [1.807, 2.05) is 0 Å². The van der Waals surface area contributed by atoms with E-state index in [1.54, 1.807) is 0 Å². The molecular formula is C30H44O4. The van der Waals surface area contributed by atoms with Gasteiger partial charge in [0.1, 0.15) is 11.9 Å². The number of ether oxygens (including phenoxy) is 1. The molecule has 5 rings (SSSR count). The van der Waals surface area contributed by atoms with E-state index in [-0.39, 0.29) is 51.5 Å². The number of aliphatic hydroxyl groups excluding tert-OH is 1. The van der Waals surface area contributed by atoms with E-state index in [9.17, 15) is 14.7 Å². The number of fused-ring (bicyclic) bond motifs is 7. The van der Waals surface area contributed by atoms with Crippen LogP contribution in [0.25, 0.3) is 0 Å². The molecule has 0 aromatic heterocycles. The predicted molar refractivity (Wildman–Crippen MR) is 133 cm³/mol. The van der Waals surface area contributed by atoms with E-state index in [2.05, 4.69) is 60.6 Å². The average molecular weight is 469 g/mol. The quantitative estimate of drug-likeness (QED) is 0.406. The van der Waals surface area contributed by atoms with Gasteiger partial charge in [0, 0.05) is 28.6 Å². The largest absolute Gasteiger partial charge is 0.462 e. The third-order valence-corrected chi connectivity index (χ3v) is 11.7. The molecule has 1 heterocycles. The highest BCUT2D eigenvalue weighted by molar-refractivity contribution is 5.85. The van der Waals surface area contributed by atoms with Crippen molar-refractivity contribution >= 4 is 11.8 Å². The van der Waals surface area contributed by atoms with Crippen molar-refractivity contribution in [2.75, 3.05) is 0 Å². The van der Waals surface area contributed by atoms with Crippen molar-refractivity contribution in [1.29, 1.82) is 0 Å². The zero-order valence-corrected chi connectivity index (χ0v) is 22.2. The molecule has 4 nitrogen and oxygen atoms in total. The van der Waals surface area contributed by atoms with E-state index in [1.165, 1.54) is 11.1 Å². The number of rotatable bonds is 3. The van der Waals surface area contributed by atoms with Gasteiger partial charge in [0.05, 0.1) is 12.0 Å². The van der Waals surface area contributed by atoms with Gasteiger partial charge in [0.15, 0.2) is 0 Å². The van der Waals surface area contributed by atoms with E-state index in [4.69, 9.17) is 4.74 Å². The number of carbonyl (C=O) groups is 2. The highest BCUT2D eigenvalue weighted by atomic mass is 16.6. The maximum absolute atomic E-state index is 12.9. The molecule has 34 heavy (non-hydrogen) atoms. The Morgan fingerprint density at radius 2 is 1.88 bits per heavy atom. The van der Waals surface area contributed by atoms with Gasteiger partial charge in [0.2, 0.25) is 0 Å². The summed E-state index contributed by atoms with van der Waals surface area (Å²) in [5.74, 6) is 0.837. The summed E-state index contributed by atoms with van der Waals surface area (Å²) in [5.41, 5.74) is 1.88. The molecule has 1 unspecified atom stereocenters. The number of aliphatic hydroxyl groups is 1. The molecule has 1 saturated heterocycles. The van der Waals surface area contributed by atoms with Gasteiger partial charge in [-0.2, -0.15) is 0 Å². The second-order valence-corrected chi connectivity index (χ2v) is 13.7. The van der Waals surface area contributed by atoms with Gasteiger partial charge in [-0.1, -0.05) is 57.9 Å². The van der Waals surface area contributed by atoms with Crippen molar-refractivity contribution in [1.82, 2.24) is 0 Å². The standard InChI is InChI=1S/C30H44O4/c1-17(2)9-8-10-18-25-21(34-26(18)33)16-29(6)19-11-12-22-27(3,4)23(31)13-14-28(22,5)20(19)15-24(32)30(25,29)7/h9,11,18,20-22,24-25,32H,8,10,12-16H2,1-7H3/t18-,20?,21+,22+,24-,25-,28-,29-,30+/m1/s1. The van der Waals surface area contributed by atoms with Crippen molar-refractivity contribution in [3.8, 4) is 0 Å². The van der Waals surface area contributed by atoms with Crippen LogP contribution in [0.5, 0.6) is 0 Å². The van der Waals surface area contributed by atoms with Crippen LogP contribution in [-0.4, -0.2) is 29.1 Å². The van der Waals surface area contributed by atoms with Crippen LogP contribution in [0.2, 0.25) is 0 Å². The molecule has 0 aromatic rings. The minimum Gasteiger partial charge on any atom is -0.462 e. The summed E-state index contributed by atoms with van der Waals surface area (Å²) in [4.78, 5) is 25.8. The predicted octanol–water partition coefficient (Wildman–Crippen LogP) is 6.03. The van der Waals surface area contributed by atoms with Crippen LogP contribution in [0, 0.1) is 45.3 Å². The van der Waals surface area contributed by atoms with Crippen molar-refractivity contribution in [2.45, 2.75) is 106 Å². The molecule has 3 saturated carbocycles. The number of hydrogen-bond acceptors (Lipinski definition) is 4. The molecule has 1 aliphatic heterocycles. The lowest BCUT2D eigenvalue weighted by Gasteiger charge is -2.64. The van der Waals surface area contributed by atoms with Crippen molar-refractivity contribution in [3.05, 3.63) is 23.3 Å². The zero-order chi connectivity index (χ0) is 24.8. The van der Waals surface area contributed by atoms with Crippen LogP contribution in [0.15, 0.2) is 23.3 Å². The van der Waals surface area contributed by atoms with Gasteiger partial charge in [0.25, 0.3) is 0 Å². The van der Waals surface area contributed by atoms with Crippen LogP contribution < -0.4 is 0 Å². The van der Waals surface area contributed by atoms with E-state index in [0.717, 1.165) is 38.5 Å². The molecule has 0 aromatic carbocycles. The summed E-state index contributed by atoms with van der Waals surface area (Å²) >= 11 is 0. The first-order chi connectivity index (χ1) is 15.8. The molecule has 0 radical (unpaired) electrons. The average Bonchev–Trinajstić information content (AvgIpc) is 3.17. The summed E-state index contributed by atoms with van der Waals surface area (Å²) < 4.78 is 6.04. The summed E-state index contributed by atoms with van der Waals surface area (Å²) in [5, 5.41) is 11.9. The Kier molecular flexibility index (Phi) is 5.39. The number of hydrogen-bond donors (Lipinski definition) is 1. The van der Waals surface area contributed by atoms with Crippen LogP contribution in [-0.2, 0) is 14.3 Å². The first-order valence-corrected chi connectivity index (χ1v) is 13.5. The van der Waals surface area contributed by atoms with Gasteiger partial charge in [-0.25, -0.2) is 0 Å². The molecule has 0 amide bonds. The Hall–Kier alpha value is -1.42. The van der Waals surface area contributed by atoms with Crippen LogP contribution in [0.1, 0.15) is 93.4 Å². The summed E-state index contributed by atoms with van der Waals surface area (Å²) in [6.45, 7) is 15.4. The number of carbonyl (C=O) groups excluding carboxylic acids is 2. The highest BCUT2D eigenvalue weighted by Gasteiger charge is 2.73. The van der Waals surface area contributed by atoms with Crippen molar-refractivity contribution in [2.24, 2.45) is 45.3 Å². The Morgan fingerprint density at radius 1 is 1.18 bits per heavy atom. The van der Waals surface area contributed by atoms with Crippen molar-refractivity contribution in [3.63, 3.8) is 0 Å².